The summed E-state index contributed by atoms with van der Waals surface area (Å²) in [6, 6.07) is 23.2. The van der Waals surface area contributed by atoms with E-state index in [1.807, 2.05) is 41.0 Å². The van der Waals surface area contributed by atoms with Gasteiger partial charge in [-0.15, -0.1) is 5.10 Å². The molecule has 0 saturated carbocycles. The van der Waals surface area contributed by atoms with E-state index in [9.17, 15) is 4.79 Å². The lowest BCUT2D eigenvalue weighted by molar-refractivity contribution is 0.0409. The van der Waals surface area contributed by atoms with Gasteiger partial charge in [-0.3, -0.25) is 4.90 Å². The van der Waals surface area contributed by atoms with Gasteiger partial charge < -0.3 is 14.5 Å². The van der Waals surface area contributed by atoms with Crippen LogP contribution < -0.4 is 9.74 Å². The summed E-state index contributed by atoms with van der Waals surface area (Å²) in [6.07, 6.45) is 8.14. The van der Waals surface area contributed by atoms with Crippen molar-refractivity contribution in [3.63, 3.8) is 0 Å². The number of unbranched alkanes of at least 4 members (excludes halogenated alkanes) is 4. The second-order valence-corrected chi connectivity index (χ2v) is 12.7. The third kappa shape index (κ3) is 7.04. The number of anilines is 1. The fourth-order valence-corrected chi connectivity index (χ4v) is 6.87. The van der Waals surface area contributed by atoms with Gasteiger partial charge in [0.05, 0.1) is 17.5 Å². The average Bonchev–Trinajstić information content (AvgIpc) is 3.84. The van der Waals surface area contributed by atoms with Crippen LogP contribution in [-0.2, 0) is 4.74 Å². The Labute approximate surface area is 277 Å². The Bertz CT molecular complexity index is 1920. The number of piperazine rings is 1. The number of fused-ring (bicyclic) bond motifs is 2. The van der Waals surface area contributed by atoms with Gasteiger partial charge >= 0.3 is 5.97 Å². The summed E-state index contributed by atoms with van der Waals surface area (Å²) < 4.78 is 7.00. The van der Waals surface area contributed by atoms with Crippen molar-refractivity contribution in [1.82, 2.24) is 34.7 Å². The molecular weight excluding hydrogens is 613 g/mol. The van der Waals surface area contributed by atoms with E-state index in [2.05, 4.69) is 49.4 Å². The molecule has 0 spiro atoms. The molecule has 0 unspecified atom stereocenters. The summed E-state index contributed by atoms with van der Waals surface area (Å²) in [5.41, 5.74) is 5.75. The number of methoxy groups -OCH3 is 1. The molecule has 11 nitrogen and oxygen atoms in total. The van der Waals surface area contributed by atoms with Crippen molar-refractivity contribution in [2.24, 2.45) is 0 Å². The van der Waals surface area contributed by atoms with Gasteiger partial charge in [-0.25, -0.2) is 14.3 Å². The number of aromatic nitrogens is 6. The molecule has 6 aromatic rings. The Morgan fingerprint density at radius 2 is 1.60 bits per heavy atom. The summed E-state index contributed by atoms with van der Waals surface area (Å²) in [5.74, 6) is -0.521. The van der Waals surface area contributed by atoms with Crippen LogP contribution in [0.15, 0.2) is 79.0 Å². The van der Waals surface area contributed by atoms with E-state index < -0.39 is 5.97 Å². The number of imidazole rings is 1. The second kappa shape index (κ2) is 14.4. The zero-order chi connectivity index (χ0) is 32.0. The van der Waals surface area contributed by atoms with Crippen LogP contribution in [0.1, 0.15) is 42.5 Å². The molecule has 1 aliphatic heterocycles. The SMILES string of the molecule is COCCCCCCCN1CCN(c2ccc(-c3nn4c(-c5ccc(C(=O)On6nnc7ccccc76)cc5)cnc4s3)cc2)CC1. The third-order valence-electron chi connectivity index (χ3n) is 8.67. The van der Waals surface area contributed by atoms with Gasteiger partial charge in [-0.1, -0.05) is 59.7 Å². The first kappa shape index (κ1) is 31.0. The lowest BCUT2D eigenvalue weighted by atomic mass is 10.1. The molecule has 0 radical (unpaired) electrons. The van der Waals surface area contributed by atoms with Crippen molar-refractivity contribution in [3.8, 4) is 21.8 Å². The van der Waals surface area contributed by atoms with Gasteiger partial charge in [-0.2, -0.15) is 5.10 Å². The maximum absolute atomic E-state index is 12.8. The van der Waals surface area contributed by atoms with Gasteiger partial charge in [-0.05, 0) is 73.1 Å². The van der Waals surface area contributed by atoms with E-state index in [4.69, 9.17) is 14.7 Å². The fourth-order valence-electron chi connectivity index (χ4n) is 5.99. The quantitative estimate of drug-likeness (QED) is 0.112. The zero-order valence-corrected chi connectivity index (χ0v) is 27.3. The van der Waals surface area contributed by atoms with Crippen molar-refractivity contribution in [1.29, 1.82) is 0 Å². The predicted octanol–water partition coefficient (Wildman–Crippen LogP) is 5.86. The number of carbonyl (C=O) groups excluding carboxylic acids is 1. The lowest BCUT2D eigenvalue weighted by Gasteiger charge is -2.36. The maximum atomic E-state index is 12.8. The average molecular weight is 651 g/mol. The normalized spacial score (nSPS) is 13.9. The standard InChI is InChI=1S/C35H38N8O3S/c1-45-24-8-4-2-3-7-19-40-20-22-41(23-21-40)29-17-15-27(16-18-29)33-38-42-32(25-36-35(42)47-33)26-11-13-28(14-12-26)34(44)46-43-31-10-6-5-9-30(31)37-39-43/h5-6,9-18,25H,2-4,7-8,19-24H2,1H3. The summed E-state index contributed by atoms with van der Waals surface area (Å²) in [7, 11) is 1.78. The first-order valence-corrected chi connectivity index (χ1v) is 17.0. The van der Waals surface area contributed by atoms with Crippen LogP contribution in [-0.4, -0.2) is 87.1 Å². The minimum Gasteiger partial charge on any atom is -0.385 e. The van der Waals surface area contributed by atoms with Gasteiger partial charge in [0, 0.05) is 56.7 Å². The van der Waals surface area contributed by atoms with E-state index in [0.717, 1.165) is 64.4 Å². The van der Waals surface area contributed by atoms with Gasteiger partial charge in [0.2, 0.25) is 4.96 Å². The molecule has 0 atom stereocenters. The third-order valence-corrected chi connectivity index (χ3v) is 9.64. The van der Waals surface area contributed by atoms with Crippen molar-refractivity contribution in [3.05, 3.63) is 84.6 Å². The number of nitrogens with zero attached hydrogens (tertiary/aromatic N) is 8. The first-order chi connectivity index (χ1) is 23.2. The second-order valence-electron chi connectivity index (χ2n) is 11.8. The highest BCUT2D eigenvalue weighted by Crippen LogP contribution is 2.31. The summed E-state index contributed by atoms with van der Waals surface area (Å²) >= 11 is 1.56. The molecular formula is C35H38N8O3S. The molecule has 1 fully saturated rings. The molecule has 1 saturated heterocycles. The van der Waals surface area contributed by atoms with Crippen molar-refractivity contribution >= 4 is 39.0 Å². The molecule has 3 aromatic carbocycles. The highest BCUT2D eigenvalue weighted by atomic mass is 32.1. The first-order valence-electron chi connectivity index (χ1n) is 16.2. The minimum atomic E-state index is -0.521. The predicted molar refractivity (Wildman–Crippen MR) is 184 cm³/mol. The Balaban J connectivity index is 0.945. The Hall–Kier alpha value is -4.65. The molecule has 4 heterocycles. The zero-order valence-electron chi connectivity index (χ0n) is 26.5. The van der Waals surface area contributed by atoms with Gasteiger partial charge in [0.1, 0.15) is 16.0 Å². The smallest absolute Gasteiger partial charge is 0.365 e. The lowest BCUT2D eigenvalue weighted by Crippen LogP contribution is -2.46. The van der Waals surface area contributed by atoms with E-state index in [-0.39, 0.29) is 0 Å². The number of benzene rings is 3. The minimum absolute atomic E-state index is 0.402. The van der Waals surface area contributed by atoms with E-state index in [1.54, 1.807) is 36.6 Å². The molecule has 242 valence electrons. The molecule has 7 rings (SSSR count). The van der Waals surface area contributed by atoms with Crippen LogP contribution in [0.3, 0.4) is 0 Å². The fraction of sp³-hybridized carbons (Fsp3) is 0.343. The van der Waals surface area contributed by atoms with Crippen LogP contribution in [0.2, 0.25) is 0 Å². The van der Waals surface area contributed by atoms with Crippen LogP contribution in [0.4, 0.5) is 5.69 Å². The highest BCUT2D eigenvalue weighted by molar-refractivity contribution is 7.19. The van der Waals surface area contributed by atoms with Crippen molar-refractivity contribution in [2.45, 2.75) is 32.1 Å². The van der Waals surface area contributed by atoms with Gasteiger partial charge in [0.15, 0.2) is 0 Å². The largest absolute Gasteiger partial charge is 0.385 e. The summed E-state index contributed by atoms with van der Waals surface area (Å²) in [6.45, 7) is 6.40. The summed E-state index contributed by atoms with van der Waals surface area (Å²) in [5, 5.41) is 13.8. The van der Waals surface area contributed by atoms with Crippen LogP contribution >= 0.6 is 11.3 Å². The number of carbonyl (C=O) groups is 1. The maximum Gasteiger partial charge on any atom is 0.365 e. The molecule has 0 amide bonds. The van der Waals surface area contributed by atoms with E-state index >= 15 is 0 Å². The number of ether oxygens (including phenoxy) is 1. The van der Waals surface area contributed by atoms with E-state index in [0.29, 0.717) is 16.6 Å². The molecule has 0 aliphatic carbocycles. The van der Waals surface area contributed by atoms with Gasteiger partial charge in [0.25, 0.3) is 0 Å². The topological polar surface area (TPSA) is 103 Å². The Morgan fingerprint density at radius 3 is 2.40 bits per heavy atom. The molecule has 12 heteroatoms. The van der Waals surface area contributed by atoms with Crippen molar-refractivity contribution in [2.75, 3.05) is 51.3 Å². The van der Waals surface area contributed by atoms with Crippen LogP contribution in [0.25, 0.3) is 37.8 Å². The van der Waals surface area contributed by atoms with Crippen LogP contribution in [0.5, 0.6) is 0 Å². The number of para-hydroxylation sites is 1. The van der Waals surface area contributed by atoms with Crippen LogP contribution in [0, 0.1) is 0 Å². The Kier molecular flexibility index (Phi) is 9.50. The monoisotopic (exact) mass is 650 g/mol. The van der Waals surface area contributed by atoms with E-state index in [1.165, 1.54) is 44.3 Å². The molecule has 0 bridgehead atoms. The molecule has 3 aromatic heterocycles. The summed E-state index contributed by atoms with van der Waals surface area (Å²) in [4.78, 5) is 29.9. The number of hydrogen-bond donors (Lipinski definition) is 0. The number of hydrogen-bond acceptors (Lipinski definition) is 10. The Morgan fingerprint density at radius 1 is 0.851 bits per heavy atom. The molecule has 1 aliphatic rings. The molecule has 0 N–H and O–H groups in total. The number of rotatable bonds is 13. The molecule has 47 heavy (non-hydrogen) atoms. The highest BCUT2D eigenvalue weighted by Gasteiger charge is 2.19. The van der Waals surface area contributed by atoms with Crippen molar-refractivity contribution < 1.29 is 14.4 Å².